The molecule has 0 radical (unpaired) electrons. The van der Waals surface area contributed by atoms with Crippen LogP contribution in [0.2, 0.25) is 0 Å². The minimum absolute atomic E-state index is 0.0697. The second-order valence-electron chi connectivity index (χ2n) is 26.6. The number of ether oxygens (including phenoxy) is 4. The summed E-state index contributed by atoms with van der Waals surface area (Å²) in [4.78, 5) is 73.0. The van der Waals surface area contributed by atoms with Crippen LogP contribution < -0.4 is 0 Å². The zero-order valence-corrected chi connectivity index (χ0v) is 67.8. The molecule has 0 rings (SSSR count). The van der Waals surface area contributed by atoms with Crippen molar-refractivity contribution in [2.45, 2.75) is 329 Å². The van der Waals surface area contributed by atoms with E-state index in [0.29, 0.717) is 25.7 Å². The van der Waals surface area contributed by atoms with Gasteiger partial charge in [0.1, 0.15) is 19.3 Å². The molecular formula is C87H144O17P2. The maximum absolute atomic E-state index is 13.1. The summed E-state index contributed by atoms with van der Waals surface area (Å²) in [5.74, 6) is -2.37. The van der Waals surface area contributed by atoms with Crippen molar-refractivity contribution in [3.05, 3.63) is 158 Å². The predicted molar refractivity (Wildman–Crippen MR) is 436 cm³/mol. The SMILES string of the molecule is CC/C=C\C/C=C\C/C=C\C/C=C\C/C=C\CC(=O)OC(COC(=O)CCCCCCCC/C=C\C/C=C\C/C=C\CCCCC)COP(=O)(O)OCC(O)COP(=O)(O)OCC(COC(=O)CCCCCCCCC/C=C\C/C=C\C/C=C\CC)OC(=O)CCCCCCC/C=C\C/C=C\CCCCC. The predicted octanol–water partition coefficient (Wildman–Crippen LogP) is 24.0. The molecule has 0 amide bonds. The number of phosphoric ester groups is 2. The van der Waals surface area contributed by atoms with E-state index in [1.54, 1.807) is 12.2 Å². The highest BCUT2D eigenvalue weighted by Crippen LogP contribution is 2.45. The van der Waals surface area contributed by atoms with Gasteiger partial charge in [-0.15, -0.1) is 0 Å². The first kappa shape index (κ1) is 101. The van der Waals surface area contributed by atoms with Crippen molar-refractivity contribution >= 4 is 39.5 Å². The van der Waals surface area contributed by atoms with Crippen LogP contribution in [0, 0.1) is 0 Å². The third-order valence-corrected chi connectivity index (χ3v) is 18.4. The van der Waals surface area contributed by atoms with Crippen LogP contribution in [0.3, 0.4) is 0 Å². The summed E-state index contributed by atoms with van der Waals surface area (Å²) in [6.45, 7) is 4.45. The minimum atomic E-state index is -5.01. The molecule has 5 unspecified atom stereocenters. The number of carbonyl (C=O) groups is 4. The first-order valence-corrected chi connectivity index (χ1v) is 43.7. The van der Waals surface area contributed by atoms with Gasteiger partial charge in [0.25, 0.3) is 0 Å². The molecule has 0 saturated carbocycles. The van der Waals surface area contributed by atoms with Crippen LogP contribution >= 0.6 is 15.6 Å². The molecule has 0 spiro atoms. The van der Waals surface area contributed by atoms with E-state index in [1.807, 2.05) is 12.2 Å². The van der Waals surface area contributed by atoms with Crippen LogP contribution in [0.5, 0.6) is 0 Å². The van der Waals surface area contributed by atoms with Crippen molar-refractivity contribution < 1.29 is 80.2 Å². The van der Waals surface area contributed by atoms with E-state index in [-0.39, 0.29) is 25.7 Å². The Morgan fingerprint density at radius 1 is 0.283 bits per heavy atom. The van der Waals surface area contributed by atoms with Crippen LogP contribution in [0.15, 0.2) is 158 Å². The van der Waals surface area contributed by atoms with E-state index in [0.717, 1.165) is 193 Å². The van der Waals surface area contributed by atoms with Gasteiger partial charge in [0.15, 0.2) is 12.2 Å². The Bertz CT molecular complexity index is 2630. The highest BCUT2D eigenvalue weighted by molar-refractivity contribution is 7.47. The largest absolute Gasteiger partial charge is 0.472 e. The standard InChI is InChI=1S/C87H144O17P2/c1-5-9-13-17-21-25-29-33-37-39-40-42-46-48-52-56-60-64-68-72-85(90)98-78-83(104-87(92)74-70-66-62-58-54-50-44-36-32-28-24-20-16-12-8-4)80-102-106(95,96)100-76-81(88)75-99-105(93,94)101-79-82(103-86(91)73-69-65-61-57-53-49-43-35-31-27-23-19-15-11-7-3)77-97-84(89)71-67-63-59-55-51-47-45-41-38-34-30-26-22-18-14-10-6-2/h10,12,14,16,21-28,33-38,40,42-44,54,58,66,70,81-83,88H,5-9,11,13,15,17-20,29-32,39,41,45-53,55-57,59-65,67-69,71-80H2,1-4H3,(H,93,94)(H,95,96)/b14-10-,16-12-,25-21-,26-22-,27-23-,28-24-,37-33-,38-34-,42-40-,43-35-,44-36-,58-54-,70-66-. The molecule has 106 heavy (non-hydrogen) atoms. The molecule has 0 aromatic heterocycles. The topological polar surface area (TPSA) is 237 Å². The Balaban J connectivity index is 5.46. The van der Waals surface area contributed by atoms with E-state index in [2.05, 4.69) is 161 Å². The molecule has 17 nitrogen and oxygen atoms in total. The third-order valence-electron chi connectivity index (χ3n) is 16.5. The summed E-state index contributed by atoms with van der Waals surface area (Å²) >= 11 is 0. The number of aliphatic hydroxyl groups excluding tert-OH is 1. The van der Waals surface area contributed by atoms with Crippen molar-refractivity contribution in [2.24, 2.45) is 0 Å². The van der Waals surface area contributed by atoms with Gasteiger partial charge in [-0.1, -0.05) is 288 Å². The Morgan fingerprint density at radius 3 is 0.840 bits per heavy atom. The fraction of sp³-hybridized carbons (Fsp3) is 0.655. The maximum atomic E-state index is 13.1. The molecule has 3 N–H and O–H groups in total. The smallest absolute Gasteiger partial charge is 0.462 e. The van der Waals surface area contributed by atoms with Gasteiger partial charge in [0, 0.05) is 19.3 Å². The average molecular weight is 1520 g/mol. The monoisotopic (exact) mass is 1520 g/mol. The van der Waals surface area contributed by atoms with Gasteiger partial charge in [-0.2, -0.15) is 0 Å². The Kier molecular flexibility index (Phi) is 73.9. The van der Waals surface area contributed by atoms with Crippen molar-refractivity contribution in [3.8, 4) is 0 Å². The van der Waals surface area contributed by atoms with E-state index in [1.165, 1.54) is 38.5 Å². The van der Waals surface area contributed by atoms with Crippen LogP contribution in [-0.2, 0) is 65.4 Å². The lowest BCUT2D eigenvalue weighted by atomic mass is 10.1. The minimum Gasteiger partial charge on any atom is -0.462 e. The molecule has 19 heteroatoms. The summed E-state index contributed by atoms with van der Waals surface area (Å²) in [5, 5.41) is 10.6. The number of rotatable bonds is 75. The molecule has 0 aliphatic carbocycles. The Hall–Kier alpha value is -5.32. The number of allylic oxidation sites excluding steroid dienone is 25. The van der Waals surface area contributed by atoms with Crippen molar-refractivity contribution in [2.75, 3.05) is 39.6 Å². The number of phosphoric acid groups is 2. The van der Waals surface area contributed by atoms with Gasteiger partial charge in [-0.25, -0.2) is 9.13 Å². The van der Waals surface area contributed by atoms with Crippen LogP contribution in [0.25, 0.3) is 0 Å². The molecular weight excluding hydrogens is 1380 g/mol. The zero-order valence-electron chi connectivity index (χ0n) is 66.1. The number of aliphatic hydroxyl groups is 1. The molecule has 0 fully saturated rings. The fourth-order valence-corrected chi connectivity index (χ4v) is 11.9. The van der Waals surface area contributed by atoms with Crippen LogP contribution in [-0.4, -0.2) is 96.7 Å². The summed E-state index contributed by atoms with van der Waals surface area (Å²) in [6.07, 6.45) is 91.0. The number of esters is 4. The first-order chi connectivity index (χ1) is 51.7. The highest BCUT2D eigenvalue weighted by Gasteiger charge is 2.30. The number of carbonyl (C=O) groups excluding carboxylic acids is 4. The molecule has 0 aliphatic heterocycles. The average Bonchev–Trinajstić information content (AvgIpc) is 0.902. The van der Waals surface area contributed by atoms with Gasteiger partial charge < -0.3 is 33.8 Å². The van der Waals surface area contributed by atoms with E-state index in [4.69, 9.17) is 37.0 Å². The van der Waals surface area contributed by atoms with Gasteiger partial charge >= 0.3 is 39.5 Å². The van der Waals surface area contributed by atoms with E-state index >= 15 is 0 Å². The Labute approximate surface area is 642 Å². The Morgan fingerprint density at radius 2 is 0.528 bits per heavy atom. The van der Waals surface area contributed by atoms with Gasteiger partial charge in [0.05, 0.1) is 32.8 Å². The normalized spacial score (nSPS) is 14.7. The van der Waals surface area contributed by atoms with Crippen molar-refractivity contribution in [3.63, 3.8) is 0 Å². The first-order valence-electron chi connectivity index (χ1n) is 40.7. The molecule has 604 valence electrons. The van der Waals surface area contributed by atoms with Crippen molar-refractivity contribution in [1.82, 2.24) is 0 Å². The fourth-order valence-electron chi connectivity index (χ4n) is 10.3. The molecule has 0 saturated heterocycles. The lowest BCUT2D eigenvalue weighted by Crippen LogP contribution is -2.30. The zero-order chi connectivity index (χ0) is 77.4. The highest BCUT2D eigenvalue weighted by atomic mass is 31.2. The third kappa shape index (κ3) is 76.9. The number of hydrogen-bond donors (Lipinski definition) is 3. The summed E-state index contributed by atoms with van der Waals surface area (Å²) in [5.41, 5.74) is 0. The maximum Gasteiger partial charge on any atom is 0.472 e. The summed E-state index contributed by atoms with van der Waals surface area (Å²) < 4.78 is 68.5. The lowest BCUT2D eigenvalue weighted by Gasteiger charge is -2.21. The summed E-state index contributed by atoms with van der Waals surface area (Å²) in [7, 11) is -10.0. The van der Waals surface area contributed by atoms with E-state index in [9.17, 15) is 43.2 Å². The number of hydrogen-bond acceptors (Lipinski definition) is 15. The van der Waals surface area contributed by atoms with Gasteiger partial charge in [0.2, 0.25) is 0 Å². The molecule has 0 heterocycles. The van der Waals surface area contributed by atoms with Crippen LogP contribution in [0.1, 0.15) is 310 Å². The molecule has 0 aromatic carbocycles. The number of unbranched alkanes of at least 4 members (excludes halogenated alkanes) is 24. The molecule has 0 bridgehead atoms. The van der Waals surface area contributed by atoms with Gasteiger partial charge in [-0.3, -0.25) is 37.3 Å². The second kappa shape index (κ2) is 77.8. The molecule has 5 atom stereocenters. The molecule has 0 aliphatic rings. The van der Waals surface area contributed by atoms with Crippen LogP contribution in [0.4, 0.5) is 0 Å². The quantitative estimate of drug-likeness (QED) is 0.0169. The lowest BCUT2D eigenvalue weighted by molar-refractivity contribution is -0.161. The second-order valence-corrected chi connectivity index (χ2v) is 29.5. The van der Waals surface area contributed by atoms with Gasteiger partial charge in [-0.05, 0) is 154 Å². The molecule has 0 aromatic rings. The van der Waals surface area contributed by atoms with Crippen molar-refractivity contribution in [1.29, 1.82) is 0 Å². The summed E-state index contributed by atoms with van der Waals surface area (Å²) in [6, 6.07) is 0. The van der Waals surface area contributed by atoms with E-state index < -0.39 is 97.5 Å².